The van der Waals surface area contributed by atoms with Crippen molar-refractivity contribution in [1.29, 1.82) is 0 Å². The lowest BCUT2D eigenvalue weighted by atomic mass is 10.2. The second-order valence-corrected chi connectivity index (χ2v) is 3.96. The van der Waals surface area contributed by atoms with Crippen molar-refractivity contribution in [3.63, 3.8) is 0 Å². The molecule has 1 amide bonds. The molecule has 21 heavy (non-hydrogen) atoms. The van der Waals surface area contributed by atoms with Crippen LogP contribution in [0.15, 0.2) is 42.7 Å². The molecule has 7 heteroatoms. The SMILES string of the molecule is O=C(O)C=Cc1ccc(C(=O)Nc2ccc(F)cn2)nc1. The Morgan fingerprint density at radius 1 is 1.14 bits per heavy atom. The van der Waals surface area contributed by atoms with E-state index in [2.05, 4.69) is 15.3 Å². The maximum atomic E-state index is 12.7. The summed E-state index contributed by atoms with van der Waals surface area (Å²) in [6.07, 6.45) is 4.69. The minimum Gasteiger partial charge on any atom is -0.478 e. The molecule has 0 saturated carbocycles. The number of hydrogen-bond donors (Lipinski definition) is 2. The predicted octanol–water partition coefficient (Wildman–Crippen LogP) is 1.97. The van der Waals surface area contributed by atoms with E-state index < -0.39 is 17.7 Å². The summed E-state index contributed by atoms with van der Waals surface area (Å²) in [5.41, 5.74) is 0.683. The fourth-order valence-electron chi connectivity index (χ4n) is 1.44. The number of halogens is 1. The Balaban J connectivity index is 2.06. The number of rotatable bonds is 4. The van der Waals surface area contributed by atoms with E-state index in [1.165, 1.54) is 30.5 Å². The van der Waals surface area contributed by atoms with Crippen LogP contribution in [0.3, 0.4) is 0 Å². The van der Waals surface area contributed by atoms with Gasteiger partial charge in [0, 0.05) is 12.3 Å². The third-order valence-corrected chi connectivity index (χ3v) is 2.41. The first-order chi connectivity index (χ1) is 10.0. The predicted molar refractivity (Wildman–Crippen MR) is 73.1 cm³/mol. The van der Waals surface area contributed by atoms with E-state index in [1.54, 1.807) is 6.07 Å². The quantitative estimate of drug-likeness (QED) is 0.839. The van der Waals surface area contributed by atoms with Gasteiger partial charge in [-0.1, -0.05) is 6.07 Å². The van der Waals surface area contributed by atoms with Gasteiger partial charge in [0.1, 0.15) is 17.3 Å². The first-order valence-corrected chi connectivity index (χ1v) is 5.84. The van der Waals surface area contributed by atoms with Crippen LogP contribution in [0.5, 0.6) is 0 Å². The third-order valence-electron chi connectivity index (χ3n) is 2.41. The fourth-order valence-corrected chi connectivity index (χ4v) is 1.44. The van der Waals surface area contributed by atoms with Gasteiger partial charge in [-0.15, -0.1) is 0 Å². The standard InChI is InChI=1S/C14H10FN3O3/c15-10-3-5-12(17-8-10)18-14(21)11-4-1-9(7-16-11)2-6-13(19)20/h1-8H,(H,19,20)(H,17,18,21). The van der Waals surface area contributed by atoms with Crippen molar-refractivity contribution in [3.8, 4) is 0 Å². The monoisotopic (exact) mass is 287 g/mol. The lowest BCUT2D eigenvalue weighted by molar-refractivity contribution is -0.131. The number of anilines is 1. The molecule has 0 aliphatic rings. The van der Waals surface area contributed by atoms with Crippen molar-refractivity contribution in [2.24, 2.45) is 0 Å². The Labute approximate surface area is 119 Å². The van der Waals surface area contributed by atoms with Crippen molar-refractivity contribution >= 4 is 23.8 Å². The van der Waals surface area contributed by atoms with Crippen LogP contribution in [-0.2, 0) is 4.79 Å². The number of nitrogens with zero attached hydrogens (tertiary/aromatic N) is 2. The number of carboxylic acids is 1. The zero-order valence-electron chi connectivity index (χ0n) is 10.7. The second kappa shape index (κ2) is 6.38. The Hall–Kier alpha value is -3.09. The summed E-state index contributed by atoms with van der Waals surface area (Å²) < 4.78 is 12.7. The van der Waals surface area contributed by atoms with Gasteiger partial charge in [0.05, 0.1) is 6.20 Å². The van der Waals surface area contributed by atoms with Crippen molar-refractivity contribution < 1.29 is 19.1 Å². The van der Waals surface area contributed by atoms with E-state index in [0.717, 1.165) is 12.3 Å². The molecule has 2 aromatic heterocycles. The first kappa shape index (κ1) is 14.3. The lowest BCUT2D eigenvalue weighted by Gasteiger charge is -2.03. The number of pyridine rings is 2. The number of hydrogen-bond acceptors (Lipinski definition) is 4. The van der Waals surface area contributed by atoms with E-state index in [1.807, 2.05) is 0 Å². The molecular weight excluding hydrogens is 277 g/mol. The van der Waals surface area contributed by atoms with E-state index in [9.17, 15) is 14.0 Å². The molecule has 0 aromatic carbocycles. The molecule has 0 saturated heterocycles. The highest BCUT2D eigenvalue weighted by atomic mass is 19.1. The summed E-state index contributed by atoms with van der Waals surface area (Å²) in [6, 6.07) is 5.51. The molecule has 0 bridgehead atoms. The maximum absolute atomic E-state index is 12.7. The molecule has 0 unspecified atom stereocenters. The van der Waals surface area contributed by atoms with Crippen LogP contribution in [0.4, 0.5) is 10.2 Å². The fraction of sp³-hybridized carbons (Fsp3) is 0. The molecule has 0 radical (unpaired) electrons. The summed E-state index contributed by atoms with van der Waals surface area (Å²) in [4.78, 5) is 29.8. The van der Waals surface area contributed by atoms with Gasteiger partial charge in [-0.25, -0.2) is 14.2 Å². The van der Waals surface area contributed by atoms with Crippen LogP contribution in [0.25, 0.3) is 6.08 Å². The molecule has 0 atom stereocenters. The van der Waals surface area contributed by atoms with E-state index in [4.69, 9.17) is 5.11 Å². The number of aliphatic carboxylic acids is 1. The number of carboxylic acid groups (broad SMARTS) is 1. The van der Waals surface area contributed by atoms with Crippen LogP contribution in [-0.4, -0.2) is 27.0 Å². The number of amides is 1. The minimum absolute atomic E-state index is 0.133. The smallest absolute Gasteiger partial charge is 0.328 e. The molecule has 2 rings (SSSR count). The molecular formula is C14H10FN3O3. The summed E-state index contributed by atoms with van der Waals surface area (Å²) in [7, 11) is 0. The third kappa shape index (κ3) is 4.20. The van der Waals surface area contributed by atoms with E-state index in [-0.39, 0.29) is 11.5 Å². The number of carbonyl (C=O) groups excluding carboxylic acids is 1. The van der Waals surface area contributed by atoms with E-state index >= 15 is 0 Å². The van der Waals surface area contributed by atoms with Crippen LogP contribution in [0.2, 0.25) is 0 Å². The zero-order chi connectivity index (χ0) is 15.2. The lowest BCUT2D eigenvalue weighted by Crippen LogP contribution is -2.14. The largest absolute Gasteiger partial charge is 0.478 e. The average molecular weight is 287 g/mol. The Bertz CT molecular complexity index is 682. The van der Waals surface area contributed by atoms with Crippen molar-refractivity contribution in [1.82, 2.24) is 9.97 Å². The molecule has 2 N–H and O–H groups in total. The van der Waals surface area contributed by atoms with Gasteiger partial charge >= 0.3 is 5.97 Å². The van der Waals surface area contributed by atoms with Gasteiger partial charge in [-0.2, -0.15) is 0 Å². The first-order valence-electron chi connectivity index (χ1n) is 5.84. The minimum atomic E-state index is -1.07. The maximum Gasteiger partial charge on any atom is 0.328 e. The van der Waals surface area contributed by atoms with Crippen LogP contribution in [0.1, 0.15) is 16.1 Å². The highest BCUT2D eigenvalue weighted by Gasteiger charge is 2.08. The van der Waals surface area contributed by atoms with Crippen LogP contribution >= 0.6 is 0 Å². The van der Waals surface area contributed by atoms with Crippen molar-refractivity contribution in [2.45, 2.75) is 0 Å². The highest BCUT2D eigenvalue weighted by molar-refractivity contribution is 6.02. The van der Waals surface area contributed by atoms with E-state index in [0.29, 0.717) is 5.56 Å². The van der Waals surface area contributed by atoms with Crippen molar-refractivity contribution in [3.05, 3.63) is 59.8 Å². The topological polar surface area (TPSA) is 92.2 Å². The number of carbonyl (C=O) groups is 2. The van der Waals surface area contributed by atoms with Gasteiger partial charge in [-0.3, -0.25) is 9.78 Å². The second-order valence-electron chi connectivity index (χ2n) is 3.96. The van der Waals surface area contributed by atoms with Crippen LogP contribution < -0.4 is 5.32 Å². The number of aromatic nitrogens is 2. The summed E-state index contributed by atoms with van der Waals surface area (Å²) in [5, 5.41) is 11.0. The van der Waals surface area contributed by atoms with Gasteiger partial charge in [-0.05, 0) is 29.8 Å². The van der Waals surface area contributed by atoms with Gasteiger partial charge in [0.2, 0.25) is 0 Å². The number of nitrogens with one attached hydrogen (secondary N) is 1. The van der Waals surface area contributed by atoms with Gasteiger partial charge in [0.25, 0.3) is 5.91 Å². The molecule has 0 spiro atoms. The zero-order valence-corrected chi connectivity index (χ0v) is 10.7. The Morgan fingerprint density at radius 3 is 2.52 bits per heavy atom. The summed E-state index contributed by atoms with van der Waals surface area (Å²) in [5.74, 6) is -1.86. The molecule has 0 fully saturated rings. The average Bonchev–Trinajstić information content (AvgIpc) is 2.48. The molecule has 0 aliphatic heterocycles. The van der Waals surface area contributed by atoms with Gasteiger partial charge < -0.3 is 10.4 Å². The summed E-state index contributed by atoms with van der Waals surface area (Å²) in [6.45, 7) is 0. The molecule has 106 valence electrons. The summed E-state index contributed by atoms with van der Waals surface area (Å²) >= 11 is 0. The van der Waals surface area contributed by atoms with Crippen LogP contribution in [0, 0.1) is 5.82 Å². The van der Waals surface area contributed by atoms with Crippen molar-refractivity contribution in [2.75, 3.05) is 5.32 Å². The Kier molecular flexibility index (Phi) is 4.35. The Morgan fingerprint density at radius 2 is 1.95 bits per heavy atom. The van der Waals surface area contributed by atoms with Gasteiger partial charge in [0.15, 0.2) is 0 Å². The molecule has 0 aliphatic carbocycles. The molecule has 6 nitrogen and oxygen atoms in total. The normalized spacial score (nSPS) is 10.5. The molecule has 2 heterocycles. The molecule has 2 aromatic rings. The highest BCUT2D eigenvalue weighted by Crippen LogP contribution is 2.07.